The van der Waals surface area contributed by atoms with Crippen molar-refractivity contribution in [2.24, 2.45) is 5.92 Å². The molecule has 0 spiro atoms. The van der Waals surface area contributed by atoms with Crippen LogP contribution in [0.25, 0.3) is 10.2 Å². The van der Waals surface area contributed by atoms with Gasteiger partial charge >= 0.3 is 6.03 Å². The SMILES string of the molecule is CCCCC(C#N)CC(C)NC(=O)Nc1nc2ccc(N)cc2s1. The van der Waals surface area contributed by atoms with E-state index in [-0.39, 0.29) is 18.0 Å². The maximum Gasteiger partial charge on any atom is 0.321 e. The Bertz CT molecular complexity index is 736. The van der Waals surface area contributed by atoms with Crippen molar-refractivity contribution in [1.82, 2.24) is 10.3 Å². The zero-order valence-corrected chi connectivity index (χ0v) is 14.8. The number of nitrogens with two attached hydrogens (primary N) is 1. The van der Waals surface area contributed by atoms with Crippen LogP contribution in [0.15, 0.2) is 18.2 Å². The number of aromatic nitrogens is 1. The summed E-state index contributed by atoms with van der Waals surface area (Å²) in [4.78, 5) is 16.4. The molecule has 1 heterocycles. The van der Waals surface area contributed by atoms with Crippen molar-refractivity contribution in [2.75, 3.05) is 11.1 Å². The normalized spacial score (nSPS) is 13.2. The number of anilines is 2. The van der Waals surface area contributed by atoms with Gasteiger partial charge in [-0.05, 0) is 38.0 Å². The van der Waals surface area contributed by atoms with Crippen LogP contribution < -0.4 is 16.4 Å². The van der Waals surface area contributed by atoms with E-state index in [9.17, 15) is 10.1 Å². The number of amides is 2. The molecule has 24 heavy (non-hydrogen) atoms. The molecule has 0 aliphatic rings. The number of urea groups is 1. The Morgan fingerprint density at radius 3 is 3.00 bits per heavy atom. The van der Waals surface area contributed by atoms with Crippen molar-refractivity contribution in [3.05, 3.63) is 18.2 Å². The molecule has 0 aliphatic carbocycles. The third-order valence-corrected chi connectivity index (χ3v) is 4.67. The number of carbonyl (C=O) groups excluding carboxylic acids is 1. The van der Waals surface area contributed by atoms with Crippen LogP contribution in [0.4, 0.5) is 15.6 Å². The lowest BCUT2D eigenvalue weighted by Crippen LogP contribution is -2.37. The second-order valence-electron chi connectivity index (χ2n) is 5.95. The van der Waals surface area contributed by atoms with Crippen LogP contribution in [0.2, 0.25) is 0 Å². The first kappa shape index (κ1) is 18.0. The monoisotopic (exact) mass is 345 g/mol. The molecular formula is C17H23N5OS. The van der Waals surface area contributed by atoms with Crippen molar-refractivity contribution in [3.8, 4) is 6.07 Å². The zero-order chi connectivity index (χ0) is 17.5. The van der Waals surface area contributed by atoms with Crippen molar-refractivity contribution in [3.63, 3.8) is 0 Å². The van der Waals surface area contributed by atoms with Crippen LogP contribution in [0.3, 0.4) is 0 Å². The number of nitrogen functional groups attached to an aromatic ring is 1. The highest BCUT2D eigenvalue weighted by Crippen LogP contribution is 2.27. The minimum atomic E-state index is -0.304. The maximum absolute atomic E-state index is 12.1. The Morgan fingerprint density at radius 2 is 2.29 bits per heavy atom. The van der Waals surface area contributed by atoms with Gasteiger partial charge in [-0.15, -0.1) is 0 Å². The van der Waals surface area contributed by atoms with Gasteiger partial charge < -0.3 is 11.1 Å². The molecule has 0 saturated carbocycles. The average molecular weight is 345 g/mol. The molecule has 4 N–H and O–H groups in total. The molecule has 0 aliphatic heterocycles. The molecule has 1 aromatic heterocycles. The summed E-state index contributed by atoms with van der Waals surface area (Å²) in [7, 11) is 0. The summed E-state index contributed by atoms with van der Waals surface area (Å²) < 4.78 is 0.933. The Balaban J connectivity index is 1.88. The fourth-order valence-corrected chi connectivity index (χ4v) is 3.43. The molecule has 2 aromatic rings. The number of thiazole rings is 1. The number of hydrogen-bond donors (Lipinski definition) is 3. The van der Waals surface area contributed by atoms with Gasteiger partial charge in [0, 0.05) is 17.6 Å². The predicted molar refractivity (Wildman–Crippen MR) is 98.9 cm³/mol. The van der Waals surface area contributed by atoms with Gasteiger partial charge in [0.15, 0.2) is 5.13 Å². The smallest absolute Gasteiger partial charge is 0.321 e. The number of nitriles is 1. The third-order valence-electron chi connectivity index (χ3n) is 3.74. The predicted octanol–water partition coefficient (Wildman–Crippen LogP) is 4.11. The number of nitrogens with one attached hydrogen (secondary N) is 2. The minimum Gasteiger partial charge on any atom is -0.399 e. The fraction of sp³-hybridized carbons (Fsp3) is 0.471. The highest BCUT2D eigenvalue weighted by Gasteiger charge is 2.15. The van der Waals surface area contributed by atoms with E-state index in [0.717, 1.165) is 29.5 Å². The van der Waals surface area contributed by atoms with Crippen LogP contribution in [-0.4, -0.2) is 17.1 Å². The van der Waals surface area contributed by atoms with Crippen molar-refractivity contribution >= 4 is 38.4 Å². The van der Waals surface area contributed by atoms with Gasteiger partial charge in [-0.3, -0.25) is 5.32 Å². The lowest BCUT2D eigenvalue weighted by molar-refractivity contribution is 0.247. The van der Waals surface area contributed by atoms with Gasteiger partial charge in [0.25, 0.3) is 0 Å². The van der Waals surface area contributed by atoms with Gasteiger partial charge in [-0.25, -0.2) is 9.78 Å². The molecule has 2 rings (SSSR count). The minimum absolute atomic E-state index is 0.0225. The average Bonchev–Trinajstić information content (AvgIpc) is 2.92. The van der Waals surface area contributed by atoms with Gasteiger partial charge in [-0.1, -0.05) is 31.1 Å². The largest absolute Gasteiger partial charge is 0.399 e. The summed E-state index contributed by atoms with van der Waals surface area (Å²) in [6.07, 6.45) is 3.63. The molecule has 0 radical (unpaired) electrons. The summed E-state index contributed by atoms with van der Waals surface area (Å²) in [5.41, 5.74) is 7.23. The summed E-state index contributed by atoms with van der Waals surface area (Å²) in [6, 6.07) is 7.40. The molecule has 7 heteroatoms. The number of nitrogens with zero attached hydrogens (tertiary/aromatic N) is 2. The Hall–Kier alpha value is -2.33. The zero-order valence-electron chi connectivity index (χ0n) is 14.0. The second kappa shape index (κ2) is 8.50. The van der Waals surface area contributed by atoms with Crippen molar-refractivity contribution in [1.29, 1.82) is 5.26 Å². The molecule has 0 fully saturated rings. The summed E-state index contributed by atoms with van der Waals surface area (Å²) in [6.45, 7) is 4.02. The molecule has 1 aromatic carbocycles. The number of benzene rings is 1. The van der Waals surface area contributed by atoms with Gasteiger partial charge in [0.2, 0.25) is 0 Å². The molecule has 2 amide bonds. The Labute approximate surface area is 146 Å². The quantitative estimate of drug-likeness (QED) is 0.657. The van der Waals surface area contributed by atoms with Gasteiger partial charge in [0.1, 0.15) is 0 Å². The highest BCUT2D eigenvalue weighted by molar-refractivity contribution is 7.22. The summed E-state index contributed by atoms with van der Waals surface area (Å²) in [5.74, 6) is -0.0225. The van der Waals surface area contributed by atoms with Crippen LogP contribution >= 0.6 is 11.3 Å². The lowest BCUT2D eigenvalue weighted by atomic mass is 9.96. The third kappa shape index (κ3) is 5.10. The fourth-order valence-electron chi connectivity index (χ4n) is 2.52. The summed E-state index contributed by atoms with van der Waals surface area (Å²) >= 11 is 1.38. The van der Waals surface area contributed by atoms with E-state index in [2.05, 4.69) is 28.6 Å². The molecular weight excluding hydrogens is 322 g/mol. The van der Waals surface area contributed by atoms with Crippen LogP contribution in [0.1, 0.15) is 39.5 Å². The number of carbonyl (C=O) groups is 1. The van der Waals surface area contributed by atoms with Gasteiger partial charge in [0.05, 0.1) is 16.3 Å². The topological polar surface area (TPSA) is 104 Å². The van der Waals surface area contributed by atoms with Crippen LogP contribution in [0, 0.1) is 17.2 Å². The number of unbranched alkanes of at least 4 members (excludes halogenated alkanes) is 1. The lowest BCUT2D eigenvalue weighted by Gasteiger charge is -2.16. The van der Waals surface area contributed by atoms with Crippen LogP contribution in [0.5, 0.6) is 0 Å². The van der Waals surface area contributed by atoms with E-state index < -0.39 is 0 Å². The first-order valence-corrected chi connectivity index (χ1v) is 8.96. The molecule has 6 nitrogen and oxygen atoms in total. The first-order chi connectivity index (χ1) is 11.5. The first-order valence-electron chi connectivity index (χ1n) is 8.15. The number of fused-ring (bicyclic) bond motifs is 1. The second-order valence-corrected chi connectivity index (χ2v) is 6.98. The van der Waals surface area contributed by atoms with E-state index in [4.69, 9.17) is 5.73 Å². The molecule has 0 bridgehead atoms. The molecule has 2 atom stereocenters. The van der Waals surface area contributed by atoms with Crippen molar-refractivity contribution < 1.29 is 4.79 Å². The molecule has 128 valence electrons. The van der Waals surface area contributed by atoms with Gasteiger partial charge in [-0.2, -0.15) is 5.26 Å². The van der Waals surface area contributed by atoms with Crippen molar-refractivity contribution in [2.45, 2.75) is 45.6 Å². The number of rotatable bonds is 7. The van der Waals surface area contributed by atoms with E-state index in [1.807, 2.05) is 19.1 Å². The Kier molecular flexibility index (Phi) is 6.38. The van der Waals surface area contributed by atoms with E-state index in [1.165, 1.54) is 11.3 Å². The highest BCUT2D eigenvalue weighted by atomic mass is 32.1. The standard InChI is InChI=1S/C17H23N5OS/c1-3-4-5-12(10-18)8-11(2)20-16(23)22-17-21-14-7-6-13(19)9-15(14)24-17/h6-7,9,11-12H,3-5,8,19H2,1-2H3,(H2,20,21,22,23). The maximum atomic E-state index is 12.1. The van der Waals surface area contributed by atoms with E-state index in [0.29, 0.717) is 17.2 Å². The van der Waals surface area contributed by atoms with Crippen LogP contribution in [-0.2, 0) is 0 Å². The van der Waals surface area contributed by atoms with E-state index in [1.54, 1.807) is 6.07 Å². The summed E-state index contributed by atoms with van der Waals surface area (Å²) in [5, 5.41) is 15.3. The number of hydrogen-bond acceptors (Lipinski definition) is 5. The Morgan fingerprint density at radius 1 is 1.50 bits per heavy atom. The molecule has 0 saturated heterocycles. The molecule has 2 unspecified atom stereocenters. The van der Waals surface area contributed by atoms with E-state index >= 15 is 0 Å².